The van der Waals surface area contributed by atoms with E-state index in [9.17, 15) is 40.7 Å². The topological polar surface area (TPSA) is 120 Å². The zero-order valence-corrected chi connectivity index (χ0v) is 29.5. The minimum absolute atomic E-state index is 0.00586. The number of hydrogen-bond acceptors (Lipinski definition) is 10. The number of carbonyl (C=O) groups excluding carboxylic acids is 3. The van der Waals surface area contributed by atoms with Gasteiger partial charge in [0.15, 0.2) is 5.75 Å². The van der Waals surface area contributed by atoms with Crippen molar-refractivity contribution >= 4 is 24.0 Å². The minimum Gasteiger partial charge on any atom is -0.487 e. The summed E-state index contributed by atoms with van der Waals surface area (Å²) in [5.41, 5.74) is -3.13. The van der Waals surface area contributed by atoms with Gasteiger partial charge < -0.3 is 28.7 Å². The molecule has 11 nitrogen and oxygen atoms in total. The molecule has 4 rings (SSSR count). The number of hydrogen-bond donors (Lipinski definition) is 0. The van der Waals surface area contributed by atoms with Crippen molar-refractivity contribution < 1.29 is 59.7 Å². The van der Waals surface area contributed by atoms with Gasteiger partial charge in [0, 0.05) is 31.6 Å². The van der Waals surface area contributed by atoms with Gasteiger partial charge in [0.2, 0.25) is 5.95 Å². The Balaban J connectivity index is 1.62. The highest BCUT2D eigenvalue weighted by Crippen LogP contribution is 2.39. The van der Waals surface area contributed by atoms with Crippen molar-refractivity contribution in [2.24, 2.45) is 5.92 Å². The number of anilines is 1. The molecular weight excluding hydrogens is 702 g/mol. The Morgan fingerprint density at radius 1 is 0.865 bits per heavy atom. The summed E-state index contributed by atoms with van der Waals surface area (Å²) in [5.74, 6) is -0.802. The van der Waals surface area contributed by atoms with Gasteiger partial charge in [-0.25, -0.2) is 14.8 Å². The van der Waals surface area contributed by atoms with Crippen LogP contribution in [0.2, 0.25) is 0 Å². The Bertz CT molecular complexity index is 1470. The lowest BCUT2D eigenvalue weighted by Gasteiger charge is -2.47. The molecule has 17 heteroatoms. The van der Waals surface area contributed by atoms with Gasteiger partial charge in [-0.3, -0.25) is 9.59 Å². The van der Waals surface area contributed by atoms with Gasteiger partial charge in [-0.1, -0.05) is 13.8 Å². The highest BCUT2D eigenvalue weighted by Gasteiger charge is 2.42. The van der Waals surface area contributed by atoms with E-state index in [0.717, 1.165) is 0 Å². The normalized spacial score (nSPS) is 22.3. The lowest BCUT2D eigenvalue weighted by Crippen LogP contribution is -2.57. The number of alkyl halides is 6. The van der Waals surface area contributed by atoms with Gasteiger partial charge in [0.1, 0.15) is 19.3 Å². The van der Waals surface area contributed by atoms with Crippen LogP contribution >= 0.6 is 0 Å². The molecule has 2 aromatic rings. The summed E-state index contributed by atoms with van der Waals surface area (Å²) in [6.07, 6.45) is -4.71. The third-order valence-electron chi connectivity index (χ3n) is 9.47. The second-order valence-corrected chi connectivity index (χ2v) is 13.0. The second kappa shape index (κ2) is 17.5. The van der Waals surface area contributed by atoms with Crippen molar-refractivity contribution in [3.05, 3.63) is 47.3 Å². The Labute approximate surface area is 297 Å². The number of rotatable bonds is 12. The van der Waals surface area contributed by atoms with E-state index >= 15 is 0 Å². The molecule has 1 aromatic carbocycles. The van der Waals surface area contributed by atoms with E-state index in [1.807, 2.05) is 13.8 Å². The van der Waals surface area contributed by atoms with E-state index in [0.29, 0.717) is 63.5 Å². The molecule has 0 N–H and O–H groups in total. The molecule has 3 atom stereocenters. The largest absolute Gasteiger partial charge is 0.487 e. The number of esters is 2. The van der Waals surface area contributed by atoms with Gasteiger partial charge in [-0.15, -0.1) is 0 Å². The first-order chi connectivity index (χ1) is 24.5. The van der Waals surface area contributed by atoms with E-state index in [-0.39, 0.29) is 66.6 Å². The monoisotopic (exact) mass is 746 g/mol. The molecular formula is C35H44F6N4O7. The second-order valence-electron chi connectivity index (χ2n) is 13.0. The van der Waals surface area contributed by atoms with Gasteiger partial charge >= 0.3 is 30.4 Å². The third-order valence-corrected chi connectivity index (χ3v) is 9.47. The number of aromatic nitrogens is 2. The number of benzene rings is 1. The molecule has 0 radical (unpaired) electrons. The predicted molar refractivity (Wildman–Crippen MR) is 174 cm³/mol. The first kappa shape index (κ1) is 40.5. The number of amides is 1. The van der Waals surface area contributed by atoms with Gasteiger partial charge in [0.25, 0.3) is 0 Å². The Hall–Kier alpha value is -4.31. The van der Waals surface area contributed by atoms with Gasteiger partial charge in [-0.05, 0) is 75.1 Å². The molecule has 52 heavy (non-hydrogen) atoms. The lowest BCUT2D eigenvalue weighted by atomic mass is 9.87. The van der Waals surface area contributed by atoms with Crippen LogP contribution in [0, 0.1) is 5.92 Å². The van der Waals surface area contributed by atoms with Crippen LogP contribution in [0.4, 0.5) is 37.1 Å². The van der Waals surface area contributed by atoms with Crippen molar-refractivity contribution in [3.63, 3.8) is 0 Å². The molecule has 1 amide bonds. The van der Waals surface area contributed by atoms with Crippen molar-refractivity contribution in [1.29, 1.82) is 0 Å². The number of ether oxygens (including phenoxy) is 4. The van der Waals surface area contributed by atoms with Crippen LogP contribution in [-0.2, 0) is 42.7 Å². The number of likely N-dealkylation sites (tertiary alicyclic amines) is 1. The van der Waals surface area contributed by atoms with Crippen LogP contribution in [0.1, 0.15) is 88.8 Å². The summed E-state index contributed by atoms with van der Waals surface area (Å²) in [4.78, 5) is 48.6. The van der Waals surface area contributed by atoms with Crippen LogP contribution in [0.3, 0.4) is 0 Å². The highest BCUT2D eigenvalue weighted by atomic mass is 19.4. The van der Waals surface area contributed by atoms with E-state index in [2.05, 4.69) is 9.97 Å². The Morgan fingerprint density at radius 2 is 1.42 bits per heavy atom. The maximum Gasteiger partial charge on any atom is 0.416 e. The summed E-state index contributed by atoms with van der Waals surface area (Å²) in [6.45, 7) is 4.57. The van der Waals surface area contributed by atoms with Crippen LogP contribution in [-0.4, -0.2) is 77.5 Å². The standard InChI is InChI=1S/C35H44F6N4O7/c1-5-26-16-28(17-27(6-2)45(26)33(48)52-29-9-7-23(8-10-29)31(47)49-4)44(32-42-18-30(19-43-32)51-12-11-50-21(3)46)20-22-13-24(34(36,37)38)15-25(14-22)35(39,40)41/h13-15,18-19,23,26-29H,5-12,16-17,20H2,1-4H3/t23?,26-,27+,28-,29?. The van der Waals surface area contributed by atoms with Gasteiger partial charge in [-0.2, -0.15) is 26.3 Å². The average Bonchev–Trinajstić information content (AvgIpc) is 3.11. The minimum atomic E-state index is -5.03. The van der Waals surface area contributed by atoms with Crippen LogP contribution in [0.25, 0.3) is 0 Å². The Morgan fingerprint density at radius 3 is 1.90 bits per heavy atom. The predicted octanol–water partition coefficient (Wildman–Crippen LogP) is 7.35. The summed E-state index contributed by atoms with van der Waals surface area (Å²) in [5, 5.41) is 0. The molecule has 2 fully saturated rings. The SMILES string of the molecule is CC[C@@H]1C[C@@H](N(Cc2cc(C(F)(F)F)cc(C(F)(F)F)c2)c2ncc(OCCOC(C)=O)cn2)C[C@H](CC)N1C(=O)OC1CCC(C(=O)OC)CC1. The lowest BCUT2D eigenvalue weighted by molar-refractivity contribution is -0.147. The van der Waals surface area contributed by atoms with Crippen LogP contribution in [0.5, 0.6) is 5.75 Å². The quantitative estimate of drug-likeness (QED) is 0.0944. The maximum atomic E-state index is 13.8. The molecule has 1 aliphatic heterocycles. The fourth-order valence-electron chi connectivity index (χ4n) is 6.86. The van der Waals surface area contributed by atoms with E-state index in [1.54, 1.807) is 9.80 Å². The molecule has 0 spiro atoms. The van der Waals surface area contributed by atoms with E-state index in [1.165, 1.54) is 26.4 Å². The van der Waals surface area contributed by atoms with Crippen molar-refractivity contribution in [2.45, 2.75) is 115 Å². The Kier molecular flexibility index (Phi) is 13.6. The summed E-state index contributed by atoms with van der Waals surface area (Å²) in [7, 11) is 1.33. The molecule has 2 heterocycles. The first-order valence-electron chi connectivity index (χ1n) is 17.2. The zero-order chi connectivity index (χ0) is 38.2. The van der Waals surface area contributed by atoms with Gasteiger partial charge in [0.05, 0.1) is 36.5 Å². The molecule has 288 valence electrons. The summed E-state index contributed by atoms with van der Waals surface area (Å²) >= 11 is 0. The highest BCUT2D eigenvalue weighted by molar-refractivity contribution is 5.72. The first-order valence-corrected chi connectivity index (χ1v) is 17.2. The number of piperidine rings is 1. The zero-order valence-electron chi connectivity index (χ0n) is 29.5. The summed E-state index contributed by atoms with van der Waals surface area (Å²) in [6, 6.07) is 0.171. The number of halogens is 6. The molecule has 1 saturated carbocycles. The molecule has 2 aliphatic rings. The number of nitrogens with zero attached hydrogens (tertiary/aromatic N) is 4. The molecule has 0 unspecified atom stereocenters. The number of carbonyl (C=O) groups is 3. The van der Waals surface area contributed by atoms with E-state index in [4.69, 9.17) is 18.9 Å². The molecule has 0 bridgehead atoms. The maximum absolute atomic E-state index is 13.8. The van der Waals surface area contributed by atoms with Crippen LogP contribution < -0.4 is 9.64 Å². The fraction of sp³-hybridized carbons (Fsp3) is 0.629. The van der Waals surface area contributed by atoms with Crippen molar-refractivity contribution in [3.8, 4) is 5.75 Å². The average molecular weight is 747 g/mol. The molecule has 1 aromatic heterocycles. The van der Waals surface area contributed by atoms with Crippen LogP contribution in [0.15, 0.2) is 30.6 Å². The van der Waals surface area contributed by atoms with E-state index < -0.39 is 48.1 Å². The third kappa shape index (κ3) is 10.6. The smallest absolute Gasteiger partial charge is 0.416 e. The summed E-state index contributed by atoms with van der Waals surface area (Å²) < 4.78 is 104. The number of methoxy groups -OCH3 is 1. The van der Waals surface area contributed by atoms with Crippen molar-refractivity contribution in [1.82, 2.24) is 14.9 Å². The fourth-order valence-corrected chi connectivity index (χ4v) is 6.86. The molecule has 1 aliphatic carbocycles. The molecule has 1 saturated heterocycles. The van der Waals surface area contributed by atoms with Crippen molar-refractivity contribution in [2.75, 3.05) is 25.2 Å².